The number of amides is 1. The van der Waals surface area contributed by atoms with Gasteiger partial charge in [-0.2, -0.15) is 0 Å². The summed E-state index contributed by atoms with van der Waals surface area (Å²) in [7, 11) is -1.91. The van der Waals surface area contributed by atoms with Gasteiger partial charge >= 0.3 is 12.1 Å². The molecule has 0 spiro atoms. The predicted octanol–water partition coefficient (Wildman–Crippen LogP) is 3.15. The summed E-state index contributed by atoms with van der Waals surface area (Å²) in [5.41, 5.74) is -0.505. The van der Waals surface area contributed by atoms with E-state index >= 15 is 0 Å². The lowest BCUT2D eigenvalue weighted by molar-refractivity contribution is -0.141. The van der Waals surface area contributed by atoms with Gasteiger partial charge < -0.3 is 18.8 Å². The minimum atomic E-state index is -1.91. The number of carbonyl (C=O) groups is 2. The van der Waals surface area contributed by atoms with Crippen LogP contribution in [0.3, 0.4) is 0 Å². The number of carbonyl (C=O) groups excluding carboxylic acids is 2. The van der Waals surface area contributed by atoms with Gasteiger partial charge in [0.15, 0.2) is 5.76 Å². The predicted molar refractivity (Wildman–Crippen MR) is 90.4 cm³/mol. The van der Waals surface area contributed by atoms with Crippen LogP contribution in [0.15, 0.2) is 11.8 Å². The lowest BCUT2D eigenvalue weighted by atomic mass is 10.00. The Balaban J connectivity index is 2.65. The zero-order chi connectivity index (χ0) is 17.8. The summed E-state index contributed by atoms with van der Waals surface area (Å²) in [6.45, 7) is 14.6. The van der Waals surface area contributed by atoms with E-state index in [4.69, 9.17) is 13.9 Å². The Hall–Kier alpha value is -1.50. The Labute approximate surface area is 139 Å². The van der Waals surface area contributed by atoms with Gasteiger partial charge in [0, 0.05) is 19.0 Å². The molecule has 0 unspecified atom stereocenters. The summed E-state index contributed by atoms with van der Waals surface area (Å²) < 4.78 is 16.2. The molecule has 0 aromatic carbocycles. The zero-order valence-corrected chi connectivity index (χ0v) is 16.3. The number of likely N-dealkylation sites (tertiary alicyclic amines) is 1. The van der Waals surface area contributed by atoms with Crippen molar-refractivity contribution in [3.8, 4) is 0 Å². The highest BCUT2D eigenvalue weighted by Gasteiger charge is 2.34. The van der Waals surface area contributed by atoms with Crippen molar-refractivity contribution < 1.29 is 23.5 Å². The van der Waals surface area contributed by atoms with Gasteiger partial charge in [0.1, 0.15) is 5.60 Å². The van der Waals surface area contributed by atoms with Crippen molar-refractivity contribution in [2.75, 3.05) is 19.7 Å². The minimum absolute atomic E-state index is 0.0817. The van der Waals surface area contributed by atoms with Crippen LogP contribution in [0.4, 0.5) is 4.79 Å². The van der Waals surface area contributed by atoms with E-state index in [9.17, 15) is 9.59 Å². The van der Waals surface area contributed by atoms with Crippen molar-refractivity contribution in [3.63, 3.8) is 0 Å². The summed E-state index contributed by atoms with van der Waals surface area (Å²) in [6, 6.07) is 0. The Bertz CT molecular complexity index is 470. The van der Waals surface area contributed by atoms with Crippen LogP contribution in [-0.4, -0.2) is 50.6 Å². The highest BCUT2D eigenvalue weighted by molar-refractivity contribution is 6.70. The van der Waals surface area contributed by atoms with Crippen LogP contribution in [0.5, 0.6) is 0 Å². The van der Waals surface area contributed by atoms with Crippen molar-refractivity contribution in [3.05, 3.63) is 11.8 Å². The minimum Gasteiger partial charge on any atom is -0.540 e. The molecule has 0 aliphatic carbocycles. The normalized spacial score (nSPS) is 16.7. The fourth-order valence-electron chi connectivity index (χ4n) is 1.98. The van der Waals surface area contributed by atoms with E-state index < -0.39 is 19.9 Å². The van der Waals surface area contributed by atoms with Crippen molar-refractivity contribution >= 4 is 20.4 Å². The molecular weight excluding hydrogens is 314 g/mol. The molecule has 1 saturated heterocycles. The second-order valence-corrected chi connectivity index (χ2v) is 12.0. The van der Waals surface area contributed by atoms with Gasteiger partial charge in [-0.1, -0.05) is 0 Å². The summed E-state index contributed by atoms with van der Waals surface area (Å²) in [4.78, 5) is 25.5. The summed E-state index contributed by atoms with van der Waals surface area (Å²) in [6.07, 6.45) is 1.45. The molecule has 1 aliphatic rings. The van der Waals surface area contributed by atoms with Crippen molar-refractivity contribution in [1.29, 1.82) is 0 Å². The molecule has 6 nitrogen and oxygen atoms in total. The third-order valence-electron chi connectivity index (χ3n) is 2.84. The van der Waals surface area contributed by atoms with E-state index in [1.807, 2.05) is 40.4 Å². The maximum Gasteiger partial charge on any atom is 0.410 e. The molecule has 1 aliphatic heterocycles. The Morgan fingerprint density at radius 1 is 1.22 bits per heavy atom. The maximum atomic E-state index is 12.0. The van der Waals surface area contributed by atoms with Crippen LogP contribution in [0.2, 0.25) is 19.6 Å². The first-order valence-electron chi connectivity index (χ1n) is 7.97. The van der Waals surface area contributed by atoms with Crippen LogP contribution >= 0.6 is 0 Å². The van der Waals surface area contributed by atoms with Gasteiger partial charge in [0.2, 0.25) is 8.32 Å². The molecule has 1 fully saturated rings. The van der Waals surface area contributed by atoms with Gasteiger partial charge in [-0.05, 0) is 53.4 Å². The number of ether oxygens (including phenoxy) is 2. The van der Waals surface area contributed by atoms with E-state index in [0.717, 1.165) is 0 Å². The van der Waals surface area contributed by atoms with Gasteiger partial charge in [-0.25, -0.2) is 9.59 Å². The van der Waals surface area contributed by atoms with Crippen LogP contribution in [0, 0.1) is 5.92 Å². The average Bonchev–Trinajstić information content (AvgIpc) is 2.27. The van der Waals surface area contributed by atoms with E-state index in [0.29, 0.717) is 19.7 Å². The van der Waals surface area contributed by atoms with Crippen LogP contribution in [0.25, 0.3) is 0 Å². The smallest absolute Gasteiger partial charge is 0.410 e. The van der Waals surface area contributed by atoms with E-state index in [2.05, 4.69) is 0 Å². The lowest BCUT2D eigenvalue weighted by Crippen LogP contribution is -2.51. The third-order valence-corrected chi connectivity index (χ3v) is 3.67. The topological polar surface area (TPSA) is 65.1 Å². The number of hydrogen-bond acceptors (Lipinski definition) is 5. The van der Waals surface area contributed by atoms with Crippen molar-refractivity contribution in [1.82, 2.24) is 4.90 Å². The highest BCUT2D eigenvalue weighted by atomic mass is 28.4. The monoisotopic (exact) mass is 343 g/mol. The van der Waals surface area contributed by atoms with Crippen molar-refractivity contribution in [2.45, 2.75) is 52.9 Å². The van der Waals surface area contributed by atoms with Crippen molar-refractivity contribution in [2.24, 2.45) is 5.92 Å². The molecule has 0 aromatic rings. The largest absolute Gasteiger partial charge is 0.540 e. The van der Waals surface area contributed by atoms with Crippen LogP contribution < -0.4 is 0 Å². The van der Waals surface area contributed by atoms with E-state index in [1.54, 1.807) is 17.9 Å². The summed E-state index contributed by atoms with van der Waals surface area (Å²) in [5.74, 6) is -0.0937. The lowest BCUT2D eigenvalue weighted by Gasteiger charge is -2.38. The van der Waals surface area contributed by atoms with Gasteiger partial charge in [0.05, 0.1) is 6.61 Å². The second-order valence-electron chi connectivity index (χ2n) is 7.61. The summed E-state index contributed by atoms with van der Waals surface area (Å²) >= 11 is 0. The molecule has 23 heavy (non-hydrogen) atoms. The van der Waals surface area contributed by atoms with Gasteiger partial charge in [0.25, 0.3) is 0 Å². The average molecular weight is 343 g/mol. The molecule has 0 N–H and O–H groups in total. The molecule has 1 heterocycles. The molecule has 0 atom stereocenters. The zero-order valence-electron chi connectivity index (χ0n) is 15.3. The first kappa shape index (κ1) is 19.5. The molecule has 0 bridgehead atoms. The second kappa shape index (κ2) is 7.38. The maximum absolute atomic E-state index is 12.0. The fraction of sp³-hybridized carbons (Fsp3) is 0.750. The number of hydrogen-bond donors (Lipinski definition) is 0. The van der Waals surface area contributed by atoms with Crippen LogP contribution in [-0.2, 0) is 18.7 Å². The third kappa shape index (κ3) is 7.07. The molecule has 0 radical (unpaired) electrons. The molecular formula is C16H29NO5Si. The molecule has 0 aromatic heterocycles. The molecule has 1 rings (SSSR count). The fourth-order valence-corrected chi connectivity index (χ4v) is 2.79. The number of nitrogens with zero attached hydrogens (tertiary/aromatic N) is 1. The van der Waals surface area contributed by atoms with E-state index in [1.165, 1.54) is 0 Å². The Kier molecular flexibility index (Phi) is 6.27. The first-order valence-corrected chi connectivity index (χ1v) is 11.4. The highest BCUT2D eigenvalue weighted by Crippen LogP contribution is 2.23. The molecule has 0 saturated carbocycles. The SMILES string of the molecule is CCOC(=O)/C(=C/C1CN(C(=O)OC(C)(C)C)C1)O[Si](C)(C)C. The Morgan fingerprint density at radius 2 is 1.78 bits per heavy atom. The molecule has 7 heteroatoms. The van der Waals surface area contributed by atoms with Crippen LogP contribution in [0.1, 0.15) is 27.7 Å². The van der Waals surface area contributed by atoms with Gasteiger partial charge in [-0.15, -0.1) is 0 Å². The quantitative estimate of drug-likeness (QED) is 0.332. The summed E-state index contributed by atoms with van der Waals surface area (Å²) in [5, 5.41) is 0. The first-order chi connectivity index (χ1) is 10.4. The molecule has 132 valence electrons. The van der Waals surface area contributed by atoms with Gasteiger partial charge in [-0.3, -0.25) is 0 Å². The number of rotatable bonds is 5. The van der Waals surface area contributed by atoms with E-state index in [-0.39, 0.29) is 17.8 Å². The number of esters is 1. The Morgan fingerprint density at radius 3 is 2.22 bits per heavy atom. The molecule has 1 amide bonds. The standard InChI is InChI=1S/C16H29NO5Si/c1-8-20-14(18)13(22-23(5,6)7)9-12-10-17(11-12)15(19)21-16(2,3)4/h9,12H,8,10-11H2,1-7H3/b13-9-.